The molecule has 0 amide bonds. The molecule has 0 radical (unpaired) electrons. The molecule has 2 nitrogen and oxygen atoms in total. The smallest absolute Gasteiger partial charge is 0.0693 e. The quantitative estimate of drug-likeness (QED) is 0.679. The Bertz CT molecular complexity index is 200. The summed E-state index contributed by atoms with van der Waals surface area (Å²) in [5.41, 5.74) is 5.99. The Balaban J connectivity index is 2.07. The van der Waals surface area contributed by atoms with Crippen molar-refractivity contribution in [3.8, 4) is 0 Å². The van der Waals surface area contributed by atoms with Gasteiger partial charge in [-0.3, -0.25) is 0 Å². The van der Waals surface area contributed by atoms with E-state index < -0.39 is 0 Å². The Labute approximate surface area is 80.5 Å². The lowest BCUT2D eigenvalue weighted by atomic mass is 9.45. The van der Waals surface area contributed by atoms with Crippen LogP contribution < -0.4 is 5.73 Å². The number of nitrogens with two attached hydrogens (primary N) is 1. The minimum Gasteiger partial charge on any atom is -0.392 e. The summed E-state index contributed by atoms with van der Waals surface area (Å²) in [5, 5.41) is 9.78. The molecule has 76 valence electrons. The molecular weight excluding hydrogens is 162 g/mol. The lowest BCUT2D eigenvalue weighted by molar-refractivity contribution is -0.135. The van der Waals surface area contributed by atoms with Crippen molar-refractivity contribution in [1.82, 2.24) is 0 Å². The number of rotatable bonds is 2. The number of aliphatic hydroxyl groups is 1. The molecule has 3 unspecified atom stereocenters. The number of hydrogen-bond acceptors (Lipinski definition) is 2. The van der Waals surface area contributed by atoms with Gasteiger partial charge in [0.1, 0.15) is 0 Å². The van der Waals surface area contributed by atoms with Gasteiger partial charge in [0.05, 0.1) is 6.10 Å². The van der Waals surface area contributed by atoms with Gasteiger partial charge in [0.15, 0.2) is 0 Å². The minimum atomic E-state index is -0.259. The van der Waals surface area contributed by atoms with E-state index in [1.54, 1.807) is 0 Å². The Hall–Kier alpha value is -0.0800. The van der Waals surface area contributed by atoms with Crippen molar-refractivity contribution in [1.29, 1.82) is 0 Å². The zero-order valence-electron chi connectivity index (χ0n) is 8.66. The topological polar surface area (TPSA) is 46.2 Å². The van der Waals surface area contributed by atoms with Gasteiger partial charge in [-0.15, -0.1) is 0 Å². The third-order valence-corrected chi connectivity index (χ3v) is 4.65. The molecule has 3 rings (SSSR count). The fourth-order valence-electron chi connectivity index (χ4n) is 3.50. The van der Waals surface area contributed by atoms with E-state index in [2.05, 4.69) is 13.8 Å². The molecule has 2 bridgehead atoms. The van der Waals surface area contributed by atoms with Gasteiger partial charge in [0.2, 0.25) is 0 Å². The molecule has 3 N–H and O–H groups in total. The first-order chi connectivity index (χ1) is 6.07. The predicted molar refractivity (Wildman–Crippen MR) is 53.2 cm³/mol. The van der Waals surface area contributed by atoms with Crippen LogP contribution >= 0.6 is 0 Å². The standard InChI is InChI=1S/C11H21NO/c1-11(2)7-3-4-8(9(11)5-7)10(13)6-12/h7-10,13H,3-6,12H2,1-2H3/t7?,8?,9?,10-/m0/s1. The second-order valence-electron chi connectivity index (χ2n) is 5.40. The fourth-order valence-corrected chi connectivity index (χ4v) is 3.50. The third-order valence-electron chi connectivity index (χ3n) is 4.65. The van der Waals surface area contributed by atoms with Crippen LogP contribution in [0.5, 0.6) is 0 Å². The minimum absolute atomic E-state index is 0.259. The Morgan fingerprint density at radius 3 is 2.62 bits per heavy atom. The maximum Gasteiger partial charge on any atom is 0.0693 e. The van der Waals surface area contributed by atoms with E-state index in [0.717, 1.165) is 11.8 Å². The van der Waals surface area contributed by atoms with Gasteiger partial charge in [0.25, 0.3) is 0 Å². The first kappa shape index (κ1) is 9.47. The van der Waals surface area contributed by atoms with Crippen LogP contribution in [0.1, 0.15) is 33.1 Å². The Morgan fingerprint density at radius 2 is 2.15 bits per heavy atom. The lowest BCUT2D eigenvalue weighted by Crippen LogP contribution is -2.55. The number of fused-ring (bicyclic) bond motifs is 2. The molecule has 3 saturated carbocycles. The molecular formula is C11H21NO. The van der Waals surface area contributed by atoms with Crippen LogP contribution in [0, 0.1) is 23.2 Å². The largest absolute Gasteiger partial charge is 0.392 e. The van der Waals surface area contributed by atoms with Crippen molar-refractivity contribution in [3.63, 3.8) is 0 Å². The second kappa shape index (κ2) is 2.96. The van der Waals surface area contributed by atoms with Crippen LogP contribution in [0.4, 0.5) is 0 Å². The fraction of sp³-hybridized carbons (Fsp3) is 1.00. The zero-order chi connectivity index (χ0) is 9.64. The summed E-state index contributed by atoms with van der Waals surface area (Å²) < 4.78 is 0. The van der Waals surface area contributed by atoms with Gasteiger partial charge in [0, 0.05) is 6.54 Å². The summed E-state index contributed by atoms with van der Waals surface area (Å²) in [4.78, 5) is 0. The highest BCUT2D eigenvalue weighted by molar-refractivity contribution is 5.04. The molecule has 13 heavy (non-hydrogen) atoms. The summed E-state index contributed by atoms with van der Waals surface area (Å²) in [6.07, 6.45) is 3.56. The molecule has 3 aliphatic carbocycles. The normalized spacial score (nSPS) is 43.8. The molecule has 2 heteroatoms. The van der Waals surface area contributed by atoms with Crippen LogP contribution in [0.25, 0.3) is 0 Å². The maximum absolute atomic E-state index is 9.78. The molecule has 0 aromatic carbocycles. The van der Waals surface area contributed by atoms with Gasteiger partial charge in [-0.25, -0.2) is 0 Å². The average Bonchev–Trinajstić information content (AvgIpc) is 2.16. The molecule has 0 aliphatic heterocycles. The summed E-state index contributed by atoms with van der Waals surface area (Å²) in [5.74, 6) is 2.12. The highest BCUT2D eigenvalue weighted by atomic mass is 16.3. The van der Waals surface area contributed by atoms with Gasteiger partial charge in [-0.1, -0.05) is 13.8 Å². The molecule has 0 spiro atoms. The van der Waals surface area contributed by atoms with E-state index >= 15 is 0 Å². The molecule has 0 aromatic heterocycles. The predicted octanol–water partition coefficient (Wildman–Crippen LogP) is 1.38. The molecule has 3 fully saturated rings. The van der Waals surface area contributed by atoms with Crippen molar-refractivity contribution >= 4 is 0 Å². The number of aliphatic hydroxyl groups excluding tert-OH is 1. The molecule has 4 atom stereocenters. The zero-order valence-corrected chi connectivity index (χ0v) is 8.66. The van der Waals surface area contributed by atoms with Crippen molar-refractivity contribution < 1.29 is 5.11 Å². The monoisotopic (exact) mass is 183 g/mol. The molecule has 0 aromatic rings. The van der Waals surface area contributed by atoms with Crippen molar-refractivity contribution in [2.45, 2.75) is 39.2 Å². The van der Waals surface area contributed by atoms with Gasteiger partial charge in [-0.2, -0.15) is 0 Å². The summed E-state index contributed by atoms with van der Waals surface area (Å²) in [6.45, 7) is 5.13. The van der Waals surface area contributed by atoms with E-state index in [-0.39, 0.29) is 6.10 Å². The first-order valence-electron chi connectivity index (χ1n) is 5.45. The SMILES string of the molecule is CC1(C)C2CCC([C@@H](O)CN)C1C2. The van der Waals surface area contributed by atoms with Crippen LogP contribution in [-0.4, -0.2) is 17.8 Å². The molecule has 0 heterocycles. The highest BCUT2D eigenvalue weighted by Crippen LogP contribution is 2.61. The van der Waals surface area contributed by atoms with Gasteiger partial charge in [-0.05, 0) is 42.4 Å². The summed E-state index contributed by atoms with van der Waals surface area (Å²) >= 11 is 0. The van der Waals surface area contributed by atoms with Crippen LogP contribution in [0.3, 0.4) is 0 Å². The Kier molecular flexibility index (Phi) is 2.16. The summed E-state index contributed by atoms with van der Waals surface area (Å²) in [6, 6.07) is 0. The van der Waals surface area contributed by atoms with Crippen LogP contribution in [-0.2, 0) is 0 Å². The van der Waals surface area contributed by atoms with E-state index in [1.807, 2.05) is 0 Å². The van der Waals surface area contributed by atoms with E-state index in [0.29, 0.717) is 17.9 Å². The van der Waals surface area contributed by atoms with Crippen molar-refractivity contribution in [2.75, 3.05) is 6.54 Å². The molecule has 0 saturated heterocycles. The lowest BCUT2D eigenvalue weighted by Gasteiger charge is -2.61. The van der Waals surface area contributed by atoms with Crippen LogP contribution in [0.15, 0.2) is 0 Å². The molecule has 3 aliphatic rings. The Morgan fingerprint density at radius 1 is 1.46 bits per heavy atom. The van der Waals surface area contributed by atoms with E-state index in [9.17, 15) is 5.11 Å². The van der Waals surface area contributed by atoms with Gasteiger partial charge < -0.3 is 10.8 Å². The van der Waals surface area contributed by atoms with Crippen molar-refractivity contribution in [3.05, 3.63) is 0 Å². The van der Waals surface area contributed by atoms with Crippen LogP contribution in [0.2, 0.25) is 0 Å². The maximum atomic E-state index is 9.78. The highest BCUT2D eigenvalue weighted by Gasteiger charge is 2.55. The van der Waals surface area contributed by atoms with E-state index in [1.165, 1.54) is 19.3 Å². The summed E-state index contributed by atoms with van der Waals surface area (Å²) in [7, 11) is 0. The second-order valence-corrected chi connectivity index (χ2v) is 5.40. The van der Waals surface area contributed by atoms with Gasteiger partial charge >= 0.3 is 0 Å². The van der Waals surface area contributed by atoms with E-state index in [4.69, 9.17) is 5.73 Å². The van der Waals surface area contributed by atoms with Crippen molar-refractivity contribution in [2.24, 2.45) is 28.9 Å². The third kappa shape index (κ3) is 1.23. The number of hydrogen-bond donors (Lipinski definition) is 2. The average molecular weight is 183 g/mol. The first-order valence-corrected chi connectivity index (χ1v) is 5.45.